The van der Waals surface area contributed by atoms with Gasteiger partial charge in [-0.05, 0) is 17.5 Å². The average Bonchev–Trinajstić information content (AvgIpc) is 2.80. The van der Waals surface area contributed by atoms with Gasteiger partial charge in [-0.3, -0.25) is 9.59 Å². The molecule has 0 aromatic heterocycles. The molecule has 2 amide bonds. The van der Waals surface area contributed by atoms with Crippen LogP contribution in [0.4, 0.5) is 0 Å². The molecule has 166 valence electrons. The minimum atomic E-state index is -1.41. The predicted octanol–water partition coefficient (Wildman–Crippen LogP) is 1.19. The first-order valence-corrected chi connectivity index (χ1v) is 10.2. The Morgan fingerprint density at radius 3 is 2.26 bits per heavy atom. The lowest BCUT2D eigenvalue weighted by Crippen LogP contribution is -2.49. The predicted molar refractivity (Wildman–Crippen MR) is 115 cm³/mol. The topological polar surface area (TPSA) is 131 Å². The Kier molecular flexibility index (Phi) is 9.67. The molecule has 2 aromatic rings. The average molecular weight is 428 g/mol. The van der Waals surface area contributed by atoms with Crippen molar-refractivity contribution in [1.82, 2.24) is 10.6 Å². The molecule has 0 aliphatic heterocycles. The van der Waals surface area contributed by atoms with Crippen LogP contribution in [0.3, 0.4) is 0 Å². The Hall–Kier alpha value is -3.23. The second kappa shape index (κ2) is 12.5. The molecule has 8 heteroatoms. The molecule has 0 bridgehead atoms. The molecule has 31 heavy (non-hydrogen) atoms. The van der Waals surface area contributed by atoms with Gasteiger partial charge in [0.2, 0.25) is 5.91 Å². The Labute approximate surface area is 181 Å². The molecule has 0 heterocycles. The van der Waals surface area contributed by atoms with E-state index in [-0.39, 0.29) is 6.61 Å². The molecule has 0 fully saturated rings. The molecule has 0 aliphatic carbocycles. The molecule has 2 rings (SSSR count). The molecule has 3 unspecified atom stereocenters. The summed E-state index contributed by atoms with van der Waals surface area (Å²) in [5, 5.41) is 14.8. The number of ether oxygens (including phenoxy) is 1. The minimum absolute atomic E-state index is 0.0666. The van der Waals surface area contributed by atoms with Crippen molar-refractivity contribution in [2.45, 2.75) is 44.6 Å². The standard InChI is InChI=1S/C23H29N3O5/c1-2-9-18(24)21(28)22(29)25-14-19(27)26-20(17-12-7-4-8-13-17)23(30)31-15-16-10-5-3-6-11-16/h3-8,10-13,18,20-21,28H,2,9,14-15,24H2,1H3,(H,25,29)(H,26,27). The highest BCUT2D eigenvalue weighted by atomic mass is 16.5. The Morgan fingerprint density at radius 1 is 1.03 bits per heavy atom. The summed E-state index contributed by atoms with van der Waals surface area (Å²) in [6.07, 6.45) is -0.214. The van der Waals surface area contributed by atoms with Crippen LogP contribution in [-0.4, -0.2) is 41.6 Å². The van der Waals surface area contributed by atoms with Crippen molar-refractivity contribution < 1.29 is 24.2 Å². The fraction of sp³-hybridized carbons (Fsp3) is 0.348. The van der Waals surface area contributed by atoms with Gasteiger partial charge in [0.05, 0.1) is 6.54 Å². The smallest absolute Gasteiger partial charge is 0.333 e. The quantitative estimate of drug-likeness (QED) is 0.399. The van der Waals surface area contributed by atoms with Gasteiger partial charge < -0.3 is 26.2 Å². The molecule has 0 radical (unpaired) electrons. The molecule has 0 aliphatic rings. The number of esters is 1. The normalized spacial score (nSPS) is 13.5. The lowest BCUT2D eigenvalue weighted by Gasteiger charge is -2.20. The Balaban J connectivity index is 1.97. The van der Waals surface area contributed by atoms with E-state index in [9.17, 15) is 19.5 Å². The summed E-state index contributed by atoms with van der Waals surface area (Å²) >= 11 is 0. The van der Waals surface area contributed by atoms with E-state index >= 15 is 0 Å². The van der Waals surface area contributed by atoms with Gasteiger partial charge in [0.1, 0.15) is 12.7 Å². The van der Waals surface area contributed by atoms with Gasteiger partial charge in [-0.25, -0.2) is 4.79 Å². The zero-order valence-electron chi connectivity index (χ0n) is 17.5. The van der Waals surface area contributed by atoms with E-state index in [1.54, 1.807) is 30.3 Å². The Morgan fingerprint density at radius 2 is 1.65 bits per heavy atom. The third-order valence-electron chi connectivity index (χ3n) is 4.62. The van der Waals surface area contributed by atoms with Crippen molar-refractivity contribution in [3.05, 3.63) is 71.8 Å². The van der Waals surface area contributed by atoms with Crippen LogP contribution >= 0.6 is 0 Å². The first-order valence-electron chi connectivity index (χ1n) is 10.2. The summed E-state index contributed by atoms with van der Waals surface area (Å²) in [7, 11) is 0. The van der Waals surface area contributed by atoms with Crippen LogP contribution in [0.2, 0.25) is 0 Å². The minimum Gasteiger partial charge on any atom is -0.459 e. The molecule has 0 spiro atoms. The molecular formula is C23H29N3O5. The van der Waals surface area contributed by atoms with Crippen molar-refractivity contribution in [3.63, 3.8) is 0 Å². The van der Waals surface area contributed by atoms with Crippen molar-refractivity contribution >= 4 is 17.8 Å². The van der Waals surface area contributed by atoms with Crippen LogP contribution in [0.25, 0.3) is 0 Å². The maximum atomic E-state index is 12.7. The number of rotatable bonds is 11. The molecule has 0 saturated carbocycles. The highest BCUT2D eigenvalue weighted by Crippen LogP contribution is 2.15. The van der Waals surface area contributed by atoms with Crippen molar-refractivity contribution in [1.29, 1.82) is 0 Å². The number of amides is 2. The number of benzene rings is 2. The summed E-state index contributed by atoms with van der Waals surface area (Å²) in [4.78, 5) is 37.1. The monoisotopic (exact) mass is 427 g/mol. The van der Waals surface area contributed by atoms with Gasteiger partial charge in [0.15, 0.2) is 6.04 Å². The number of carbonyl (C=O) groups excluding carboxylic acids is 3. The van der Waals surface area contributed by atoms with Gasteiger partial charge in [-0.2, -0.15) is 0 Å². The third-order valence-corrected chi connectivity index (χ3v) is 4.62. The van der Waals surface area contributed by atoms with E-state index in [4.69, 9.17) is 10.5 Å². The van der Waals surface area contributed by atoms with E-state index in [0.717, 1.165) is 12.0 Å². The molecular weight excluding hydrogens is 398 g/mol. The number of hydrogen-bond acceptors (Lipinski definition) is 6. The lowest BCUT2D eigenvalue weighted by molar-refractivity contribution is -0.149. The summed E-state index contributed by atoms with van der Waals surface area (Å²) in [5.74, 6) is -1.96. The number of hydrogen-bond donors (Lipinski definition) is 4. The number of aliphatic hydroxyl groups is 1. The van der Waals surface area contributed by atoms with Gasteiger partial charge in [-0.15, -0.1) is 0 Å². The van der Waals surface area contributed by atoms with Crippen LogP contribution in [0.1, 0.15) is 36.9 Å². The number of carbonyl (C=O) groups is 3. The van der Waals surface area contributed by atoms with Gasteiger partial charge >= 0.3 is 5.97 Å². The molecule has 5 N–H and O–H groups in total. The second-order valence-electron chi connectivity index (χ2n) is 7.12. The van der Waals surface area contributed by atoms with Crippen LogP contribution in [0.5, 0.6) is 0 Å². The third kappa shape index (κ3) is 7.84. The highest BCUT2D eigenvalue weighted by Gasteiger charge is 2.26. The van der Waals surface area contributed by atoms with E-state index in [2.05, 4.69) is 10.6 Å². The van der Waals surface area contributed by atoms with Crippen LogP contribution in [0.15, 0.2) is 60.7 Å². The highest BCUT2D eigenvalue weighted by molar-refractivity contribution is 5.90. The molecule has 0 saturated heterocycles. The number of nitrogens with one attached hydrogen (secondary N) is 2. The van der Waals surface area contributed by atoms with Crippen LogP contribution < -0.4 is 16.4 Å². The van der Waals surface area contributed by atoms with Crippen molar-refractivity contribution in [2.24, 2.45) is 5.73 Å². The van der Waals surface area contributed by atoms with E-state index in [0.29, 0.717) is 12.0 Å². The van der Waals surface area contributed by atoms with E-state index in [1.807, 2.05) is 37.3 Å². The number of nitrogens with two attached hydrogens (primary N) is 1. The summed E-state index contributed by atoms with van der Waals surface area (Å²) in [5.41, 5.74) is 7.10. The largest absolute Gasteiger partial charge is 0.459 e. The molecule has 3 atom stereocenters. The van der Waals surface area contributed by atoms with E-state index in [1.165, 1.54) is 0 Å². The lowest BCUT2D eigenvalue weighted by atomic mass is 10.1. The van der Waals surface area contributed by atoms with Gasteiger partial charge in [0, 0.05) is 6.04 Å². The van der Waals surface area contributed by atoms with Crippen molar-refractivity contribution in [2.75, 3.05) is 6.54 Å². The van der Waals surface area contributed by atoms with Crippen molar-refractivity contribution in [3.8, 4) is 0 Å². The maximum absolute atomic E-state index is 12.7. The maximum Gasteiger partial charge on any atom is 0.333 e. The summed E-state index contributed by atoms with van der Waals surface area (Å²) < 4.78 is 5.37. The molecule has 2 aromatic carbocycles. The second-order valence-corrected chi connectivity index (χ2v) is 7.12. The van der Waals surface area contributed by atoms with Gasteiger partial charge in [-0.1, -0.05) is 74.0 Å². The van der Waals surface area contributed by atoms with E-state index < -0.39 is 42.5 Å². The fourth-order valence-corrected chi connectivity index (χ4v) is 2.91. The summed E-state index contributed by atoms with van der Waals surface area (Å²) in [6, 6.07) is 16.1. The SMILES string of the molecule is CCCC(N)C(O)C(=O)NCC(=O)NC(C(=O)OCc1ccccc1)c1ccccc1. The summed E-state index contributed by atoms with van der Waals surface area (Å²) in [6.45, 7) is 1.54. The Bertz CT molecular complexity index is 845. The van der Waals surface area contributed by atoms with Gasteiger partial charge in [0.25, 0.3) is 5.91 Å². The molecule has 8 nitrogen and oxygen atoms in total. The number of aliphatic hydroxyl groups excluding tert-OH is 1. The zero-order chi connectivity index (χ0) is 22.6. The first-order chi connectivity index (χ1) is 14.9. The fourth-order valence-electron chi connectivity index (χ4n) is 2.91. The van der Waals surface area contributed by atoms with Crippen LogP contribution in [0, 0.1) is 0 Å². The zero-order valence-corrected chi connectivity index (χ0v) is 17.5. The van der Waals surface area contributed by atoms with Crippen LogP contribution in [-0.2, 0) is 25.7 Å². The first kappa shape index (κ1) is 24.0.